The number of hydrogen-bond donors (Lipinski definition) is 1. The first-order chi connectivity index (χ1) is 9.63. The van der Waals surface area contributed by atoms with E-state index < -0.39 is 0 Å². The number of benzene rings is 2. The predicted octanol–water partition coefficient (Wildman–Crippen LogP) is 5.33. The fraction of sp³-hybridized carbons (Fsp3) is 0.250. The van der Waals surface area contributed by atoms with E-state index in [2.05, 4.69) is 28.2 Å². The van der Waals surface area contributed by atoms with Crippen LogP contribution in [0.4, 0.5) is 4.39 Å². The van der Waals surface area contributed by atoms with Gasteiger partial charge in [-0.1, -0.05) is 58.7 Å². The topological polar surface area (TPSA) is 12.0 Å². The van der Waals surface area contributed by atoms with Crippen LogP contribution in [0, 0.1) is 5.82 Å². The van der Waals surface area contributed by atoms with Crippen molar-refractivity contribution in [2.45, 2.75) is 19.4 Å². The van der Waals surface area contributed by atoms with E-state index in [0.717, 1.165) is 23.0 Å². The predicted molar refractivity (Wildman–Crippen MR) is 85.7 cm³/mol. The standard InChI is InChI=1S/C16H16BrClFN/c1-2-10-20-16(11-6-8-12(17)9-7-11)13-4-3-5-14(18)15(13)19/h3-9,16,20H,2,10H2,1H3. The van der Waals surface area contributed by atoms with Gasteiger partial charge in [-0.3, -0.25) is 0 Å². The van der Waals surface area contributed by atoms with E-state index in [-0.39, 0.29) is 16.9 Å². The average molecular weight is 357 g/mol. The van der Waals surface area contributed by atoms with Crippen molar-refractivity contribution < 1.29 is 4.39 Å². The van der Waals surface area contributed by atoms with Crippen LogP contribution >= 0.6 is 27.5 Å². The van der Waals surface area contributed by atoms with Gasteiger partial charge in [-0.15, -0.1) is 0 Å². The van der Waals surface area contributed by atoms with Crippen LogP contribution in [0.2, 0.25) is 5.02 Å². The van der Waals surface area contributed by atoms with Crippen molar-refractivity contribution in [3.8, 4) is 0 Å². The fourth-order valence-corrected chi connectivity index (χ4v) is 2.54. The third-order valence-electron chi connectivity index (χ3n) is 3.09. The largest absolute Gasteiger partial charge is 0.306 e. The van der Waals surface area contributed by atoms with Gasteiger partial charge in [0.15, 0.2) is 0 Å². The Balaban J connectivity index is 2.41. The first-order valence-corrected chi connectivity index (χ1v) is 7.73. The van der Waals surface area contributed by atoms with E-state index >= 15 is 0 Å². The van der Waals surface area contributed by atoms with Crippen molar-refractivity contribution in [1.29, 1.82) is 0 Å². The van der Waals surface area contributed by atoms with Gasteiger partial charge in [-0.05, 0) is 36.7 Å². The minimum Gasteiger partial charge on any atom is -0.306 e. The molecule has 1 nitrogen and oxygen atoms in total. The van der Waals surface area contributed by atoms with Crippen molar-refractivity contribution >= 4 is 27.5 Å². The van der Waals surface area contributed by atoms with Gasteiger partial charge in [0.2, 0.25) is 0 Å². The van der Waals surface area contributed by atoms with Gasteiger partial charge in [-0.25, -0.2) is 4.39 Å². The van der Waals surface area contributed by atoms with Gasteiger partial charge >= 0.3 is 0 Å². The van der Waals surface area contributed by atoms with Crippen LogP contribution in [-0.4, -0.2) is 6.54 Å². The summed E-state index contributed by atoms with van der Waals surface area (Å²) in [6.45, 7) is 2.90. The van der Waals surface area contributed by atoms with Crippen LogP contribution in [0.15, 0.2) is 46.9 Å². The Morgan fingerprint density at radius 2 is 1.90 bits per heavy atom. The van der Waals surface area contributed by atoms with Gasteiger partial charge in [-0.2, -0.15) is 0 Å². The summed E-state index contributed by atoms with van der Waals surface area (Å²) in [5, 5.41) is 3.53. The Morgan fingerprint density at radius 1 is 1.20 bits per heavy atom. The molecule has 4 heteroatoms. The maximum Gasteiger partial charge on any atom is 0.146 e. The summed E-state index contributed by atoms with van der Waals surface area (Å²) < 4.78 is 15.3. The monoisotopic (exact) mass is 355 g/mol. The molecule has 0 heterocycles. The Morgan fingerprint density at radius 3 is 2.55 bits per heavy atom. The van der Waals surface area contributed by atoms with Crippen LogP contribution in [0.1, 0.15) is 30.5 Å². The molecule has 0 aliphatic heterocycles. The number of rotatable bonds is 5. The van der Waals surface area contributed by atoms with Crippen molar-refractivity contribution in [2.75, 3.05) is 6.54 Å². The third kappa shape index (κ3) is 3.60. The molecule has 0 aliphatic carbocycles. The minimum atomic E-state index is -0.356. The lowest BCUT2D eigenvalue weighted by atomic mass is 9.98. The van der Waals surface area contributed by atoms with Crippen LogP contribution < -0.4 is 5.32 Å². The highest BCUT2D eigenvalue weighted by atomic mass is 79.9. The summed E-state index contributed by atoms with van der Waals surface area (Å²) >= 11 is 9.31. The van der Waals surface area contributed by atoms with Gasteiger partial charge in [0, 0.05) is 10.0 Å². The lowest BCUT2D eigenvalue weighted by molar-refractivity contribution is 0.547. The molecule has 1 unspecified atom stereocenters. The van der Waals surface area contributed by atoms with Gasteiger partial charge in [0.05, 0.1) is 11.1 Å². The molecule has 2 rings (SSSR count). The Kier molecular flexibility index (Phi) is 5.58. The van der Waals surface area contributed by atoms with E-state index in [0.29, 0.717) is 5.56 Å². The zero-order chi connectivity index (χ0) is 14.5. The molecule has 0 saturated carbocycles. The number of hydrogen-bond acceptors (Lipinski definition) is 1. The quantitative estimate of drug-likeness (QED) is 0.763. The van der Waals surface area contributed by atoms with Crippen LogP contribution in [0.25, 0.3) is 0 Å². The molecule has 0 radical (unpaired) electrons. The van der Waals surface area contributed by atoms with Crippen LogP contribution in [-0.2, 0) is 0 Å². The van der Waals surface area contributed by atoms with Gasteiger partial charge in [0.25, 0.3) is 0 Å². The smallest absolute Gasteiger partial charge is 0.146 e. The summed E-state index contributed by atoms with van der Waals surface area (Å²) in [6, 6.07) is 12.8. The molecule has 0 bridgehead atoms. The maximum absolute atomic E-state index is 14.3. The van der Waals surface area contributed by atoms with E-state index in [4.69, 9.17) is 11.6 Å². The Labute approximate surface area is 132 Å². The van der Waals surface area contributed by atoms with Crippen molar-refractivity contribution in [3.63, 3.8) is 0 Å². The molecule has 0 aliphatic rings. The van der Waals surface area contributed by atoms with E-state index in [1.54, 1.807) is 18.2 Å². The first-order valence-electron chi connectivity index (χ1n) is 6.56. The summed E-state index contributed by atoms with van der Waals surface area (Å²) in [4.78, 5) is 0. The summed E-state index contributed by atoms with van der Waals surface area (Å²) in [6.07, 6.45) is 0.981. The lowest BCUT2D eigenvalue weighted by Crippen LogP contribution is -2.24. The molecule has 0 spiro atoms. The molecule has 106 valence electrons. The number of nitrogens with one attached hydrogen (secondary N) is 1. The fourth-order valence-electron chi connectivity index (χ4n) is 2.09. The molecule has 2 aromatic carbocycles. The summed E-state index contributed by atoms with van der Waals surface area (Å²) in [7, 11) is 0. The zero-order valence-corrected chi connectivity index (χ0v) is 13.5. The molecule has 0 amide bonds. The van der Waals surface area contributed by atoms with Gasteiger partial charge < -0.3 is 5.32 Å². The molecule has 20 heavy (non-hydrogen) atoms. The SMILES string of the molecule is CCCNC(c1ccc(Br)cc1)c1cccc(Cl)c1F. The number of halogens is 3. The minimum absolute atomic E-state index is 0.155. The Bertz CT molecular complexity index is 571. The molecular weight excluding hydrogens is 341 g/mol. The van der Waals surface area contributed by atoms with Gasteiger partial charge in [0.1, 0.15) is 5.82 Å². The highest BCUT2D eigenvalue weighted by molar-refractivity contribution is 9.10. The molecule has 0 aromatic heterocycles. The lowest BCUT2D eigenvalue weighted by Gasteiger charge is -2.20. The molecule has 2 aromatic rings. The third-order valence-corrected chi connectivity index (χ3v) is 3.91. The van der Waals surface area contributed by atoms with Crippen molar-refractivity contribution in [3.05, 3.63) is 68.9 Å². The highest BCUT2D eigenvalue weighted by Gasteiger charge is 2.18. The van der Waals surface area contributed by atoms with E-state index in [1.165, 1.54) is 0 Å². The van der Waals surface area contributed by atoms with Crippen LogP contribution in [0.3, 0.4) is 0 Å². The van der Waals surface area contributed by atoms with E-state index in [1.807, 2.05) is 24.3 Å². The first kappa shape index (κ1) is 15.5. The molecule has 1 atom stereocenters. The highest BCUT2D eigenvalue weighted by Crippen LogP contribution is 2.29. The second kappa shape index (κ2) is 7.21. The molecule has 0 saturated heterocycles. The normalized spacial score (nSPS) is 12.4. The molecule has 0 fully saturated rings. The van der Waals surface area contributed by atoms with Crippen molar-refractivity contribution in [2.24, 2.45) is 0 Å². The van der Waals surface area contributed by atoms with Crippen LogP contribution in [0.5, 0.6) is 0 Å². The van der Waals surface area contributed by atoms with Crippen molar-refractivity contribution in [1.82, 2.24) is 5.32 Å². The molecule has 1 N–H and O–H groups in total. The summed E-state index contributed by atoms with van der Waals surface area (Å²) in [5.74, 6) is -0.356. The second-order valence-corrected chi connectivity index (χ2v) is 5.90. The zero-order valence-electron chi connectivity index (χ0n) is 11.2. The second-order valence-electron chi connectivity index (χ2n) is 4.58. The average Bonchev–Trinajstić information content (AvgIpc) is 2.45. The van der Waals surface area contributed by atoms with E-state index in [9.17, 15) is 4.39 Å². The Hall–Kier alpha value is -0.900. The summed E-state index contributed by atoms with van der Waals surface area (Å²) in [5.41, 5.74) is 1.59. The maximum atomic E-state index is 14.3. The molecular formula is C16H16BrClFN.